The molecule has 0 radical (unpaired) electrons. The zero-order chi connectivity index (χ0) is 38.6. The maximum Gasteiger partial charge on any atom is 0.160 e. The summed E-state index contributed by atoms with van der Waals surface area (Å²) < 4.78 is 9.43. The van der Waals surface area contributed by atoms with Crippen LogP contribution in [0.1, 0.15) is 5.56 Å². The Morgan fingerprint density at radius 1 is 0.431 bits per heavy atom. The van der Waals surface area contributed by atoms with Gasteiger partial charge in [-0.3, -0.25) is 0 Å². The third kappa shape index (κ3) is 5.65. The lowest BCUT2D eigenvalue weighted by atomic mass is 9.92. The van der Waals surface area contributed by atoms with E-state index in [1.54, 1.807) is 0 Å². The largest absolute Gasteiger partial charge is 0.455 e. The summed E-state index contributed by atoms with van der Waals surface area (Å²) in [6.07, 6.45) is 1.86. The summed E-state index contributed by atoms with van der Waals surface area (Å²) in [5.41, 5.74) is 14.2. The molecule has 11 rings (SSSR count). The van der Waals surface area contributed by atoms with Crippen LogP contribution in [0.5, 0.6) is 0 Å². The summed E-state index contributed by atoms with van der Waals surface area (Å²) in [5.74, 6) is 0.666. The van der Waals surface area contributed by atoms with Crippen LogP contribution < -0.4 is 0 Å². The number of fused-ring (bicyclic) bond motifs is 6. The van der Waals surface area contributed by atoms with Gasteiger partial charge in [0.15, 0.2) is 5.82 Å². The second-order valence-corrected chi connectivity index (χ2v) is 15.5. The molecule has 0 aliphatic heterocycles. The molecule has 3 nitrogen and oxygen atoms in total. The molecule has 272 valence electrons. The lowest BCUT2D eigenvalue weighted by Crippen LogP contribution is -2.00. The molecular formula is C54H34N2OS. The number of nitrogens with zero attached hydrogens (tertiary/aromatic N) is 2. The van der Waals surface area contributed by atoms with Crippen LogP contribution >= 0.6 is 11.3 Å². The van der Waals surface area contributed by atoms with Gasteiger partial charge >= 0.3 is 0 Å². The van der Waals surface area contributed by atoms with Crippen molar-refractivity contribution in [1.82, 2.24) is 9.97 Å². The van der Waals surface area contributed by atoms with Crippen LogP contribution in [0, 0.1) is 0 Å². The predicted molar refractivity (Wildman–Crippen MR) is 245 cm³/mol. The van der Waals surface area contributed by atoms with Crippen LogP contribution in [-0.2, 0) is 0 Å². The average molecular weight is 759 g/mol. The van der Waals surface area contributed by atoms with Gasteiger partial charge in [0.2, 0.25) is 0 Å². The smallest absolute Gasteiger partial charge is 0.160 e. The summed E-state index contributed by atoms with van der Waals surface area (Å²) >= 11 is 1.86. The van der Waals surface area contributed by atoms with Gasteiger partial charge in [-0.25, -0.2) is 9.97 Å². The molecule has 0 aliphatic carbocycles. The minimum absolute atomic E-state index is 0.666. The number of para-hydroxylation sites is 1. The molecule has 0 atom stereocenters. The highest BCUT2D eigenvalue weighted by molar-refractivity contribution is 7.26. The summed E-state index contributed by atoms with van der Waals surface area (Å²) in [7, 11) is 0. The van der Waals surface area contributed by atoms with Gasteiger partial charge in [-0.1, -0.05) is 183 Å². The van der Waals surface area contributed by atoms with E-state index in [4.69, 9.17) is 14.4 Å². The molecule has 3 aromatic heterocycles. The minimum atomic E-state index is 0.666. The Balaban J connectivity index is 0.982. The van der Waals surface area contributed by atoms with Crippen LogP contribution in [0.3, 0.4) is 0 Å². The number of thiophene rings is 1. The van der Waals surface area contributed by atoms with Crippen molar-refractivity contribution < 1.29 is 4.42 Å². The van der Waals surface area contributed by atoms with Gasteiger partial charge in [0, 0.05) is 64.3 Å². The third-order valence-corrected chi connectivity index (χ3v) is 12.4. The molecule has 4 heteroatoms. The predicted octanol–water partition coefficient (Wildman–Crippen LogP) is 15.4. The van der Waals surface area contributed by atoms with Gasteiger partial charge in [0.25, 0.3) is 0 Å². The van der Waals surface area contributed by atoms with Crippen LogP contribution in [0.2, 0.25) is 0 Å². The van der Waals surface area contributed by atoms with Gasteiger partial charge in [-0.05, 0) is 40.5 Å². The maximum atomic E-state index is 6.83. The minimum Gasteiger partial charge on any atom is -0.455 e. The van der Waals surface area contributed by atoms with Crippen molar-refractivity contribution in [2.45, 2.75) is 0 Å². The highest BCUT2D eigenvalue weighted by Gasteiger charge is 2.19. The highest BCUT2D eigenvalue weighted by Crippen LogP contribution is 2.45. The van der Waals surface area contributed by atoms with E-state index in [9.17, 15) is 0 Å². The zero-order valence-electron chi connectivity index (χ0n) is 31.4. The summed E-state index contributed by atoms with van der Waals surface area (Å²) in [5, 5.41) is 4.80. The van der Waals surface area contributed by atoms with Crippen molar-refractivity contribution in [2.75, 3.05) is 0 Å². The average Bonchev–Trinajstić information content (AvgIpc) is 3.88. The fourth-order valence-corrected chi connectivity index (χ4v) is 9.57. The third-order valence-electron chi connectivity index (χ3n) is 11.1. The van der Waals surface area contributed by atoms with Crippen LogP contribution in [0.4, 0.5) is 0 Å². The quantitative estimate of drug-likeness (QED) is 0.162. The van der Waals surface area contributed by atoms with Crippen molar-refractivity contribution in [1.29, 1.82) is 0 Å². The molecule has 0 fully saturated rings. The summed E-state index contributed by atoms with van der Waals surface area (Å²) in [6.45, 7) is 4.15. The molecule has 0 saturated carbocycles. The van der Waals surface area contributed by atoms with Gasteiger partial charge in [-0.2, -0.15) is 0 Å². The normalized spacial score (nSPS) is 11.5. The van der Waals surface area contributed by atoms with Gasteiger partial charge < -0.3 is 4.42 Å². The van der Waals surface area contributed by atoms with E-state index in [-0.39, 0.29) is 0 Å². The molecule has 0 N–H and O–H groups in total. The summed E-state index contributed by atoms with van der Waals surface area (Å²) in [4.78, 5) is 10.2. The van der Waals surface area contributed by atoms with Crippen molar-refractivity contribution in [2.24, 2.45) is 0 Å². The molecule has 3 heterocycles. The molecule has 58 heavy (non-hydrogen) atoms. The standard InChI is InChI=1S/C54H34N2OS/c1-2-39-50(35-15-5-3-6-16-35)55-54(56-51(39)36-17-7-4-8-18-36)37-29-27-34(28-30-37)38-31-32-42-45-23-13-22-44(52(45)57-48(42)33-38)40-19-9-10-20-41(40)46-24-14-25-47-43-21-11-12-26-49(43)58-53(46)47/h2-33H,1H2. The Morgan fingerprint density at radius 2 is 0.983 bits per heavy atom. The Morgan fingerprint density at radius 3 is 1.69 bits per heavy atom. The molecule has 8 aromatic carbocycles. The SMILES string of the molecule is C=Cc1c(-c2ccccc2)nc(-c2ccc(-c3ccc4c(c3)oc3c(-c5ccccc5-c5cccc6c5sc5ccccc56)cccc34)cc2)nc1-c1ccccc1. The Bertz CT molecular complexity index is 3280. The van der Waals surface area contributed by atoms with Gasteiger partial charge in [0.05, 0.1) is 11.4 Å². The second kappa shape index (κ2) is 14.0. The van der Waals surface area contributed by atoms with E-state index in [1.807, 2.05) is 53.8 Å². The number of rotatable bonds is 7. The first-order valence-electron chi connectivity index (χ1n) is 19.4. The first-order valence-corrected chi connectivity index (χ1v) is 20.2. The molecule has 0 bridgehead atoms. The number of benzene rings is 8. The number of furan rings is 1. The van der Waals surface area contributed by atoms with Crippen molar-refractivity contribution in [3.63, 3.8) is 0 Å². The molecule has 0 unspecified atom stereocenters. The topological polar surface area (TPSA) is 38.9 Å². The van der Waals surface area contributed by atoms with Crippen molar-refractivity contribution in [3.05, 3.63) is 200 Å². The number of aromatic nitrogens is 2. The van der Waals surface area contributed by atoms with E-state index in [2.05, 4.69) is 158 Å². The van der Waals surface area contributed by atoms with Crippen molar-refractivity contribution >= 4 is 59.5 Å². The lowest BCUT2D eigenvalue weighted by Gasteiger charge is -2.14. The molecule has 0 aliphatic rings. The molecule has 0 spiro atoms. The van der Waals surface area contributed by atoms with Crippen LogP contribution in [0.15, 0.2) is 199 Å². The first kappa shape index (κ1) is 33.9. The first-order chi connectivity index (χ1) is 28.7. The van der Waals surface area contributed by atoms with E-state index < -0.39 is 0 Å². The fourth-order valence-electron chi connectivity index (χ4n) is 8.34. The second-order valence-electron chi connectivity index (χ2n) is 14.5. The number of hydrogen-bond acceptors (Lipinski definition) is 4. The zero-order valence-corrected chi connectivity index (χ0v) is 32.2. The van der Waals surface area contributed by atoms with E-state index in [0.29, 0.717) is 5.82 Å². The van der Waals surface area contributed by atoms with Crippen LogP contribution in [-0.4, -0.2) is 9.97 Å². The fraction of sp³-hybridized carbons (Fsp3) is 0. The lowest BCUT2D eigenvalue weighted by molar-refractivity contribution is 0.670. The number of hydrogen-bond donors (Lipinski definition) is 0. The van der Waals surface area contributed by atoms with Crippen molar-refractivity contribution in [3.8, 4) is 67.3 Å². The monoisotopic (exact) mass is 758 g/mol. The highest BCUT2D eigenvalue weighted by atomic mass is 32.1. The molecule has 0 amide bonds. The molecule has 11 aromatic rings. The van der Waals surface area contributed by atoms with E-state index in [1.165, 1.54) is 31.3 Å². The van der Waals surface area contributed by atoms with Crippen LogP contribution in [0.25, 0.3) is 115 Å². The molecule has 0 saturated heterocycles. The van der Waals surface area contributed by atoms with Gasteiger partial charge in [0.1, 0.15) is 11.2 Å². The van der Waals surface area contributed by atoms with Gasteiger partial charge in [-0.15, -0.1) is 11.3 Å². The van der Waals surface area contributed by atoms with E-state index in [0.717, 1.165) is 77.8 Å². The Labute approximate surface area is 339 Å². The Kier molecular flexibility index (Phi) is 8.16. The Hall–Kier alpha value is -7.40. The maximum absolute atomic E-state index is 6.83. The molecular weight excluding hydrogens is 725 g/mol. The van der Waals surface area contributed by atoms with E-state index >= 15 is 0 Å². The summed E-state index contributed by atoms with van der Waals surface area (Å²) in [6, 6.07) is 66.1.